The number of nitrogens with one attached hydrogen (secondary N) is 3. The fraction of sp³-hybridized carbons (Fsp3) is 0.333. The average Bonchev–Trinajstić information content (AvgIpc) is 2.53. The highest BCUT2D eigenvalue weighted by atomic mass is 35.5. The maximum Gasteiger partial charge on any atom is 0.333 e. The molecule has 0 radical (unpaired) electrons. The molecule has 0 saturated carbocycles. The molecule has 25 heavy (non-hydrogen) atoms. The van der Waals surface area contributed by atoms with E-state index in [0.29, 0.717) is 0 Å². The molecule has 1 unspecified atom stereocenters. The Morgan fingerprint density at radius 2 is 1.64 bits per heavy atom. The summed E-state index contributed by atoms with van der Waals surface area (Å²) in [4.78, 5) is 45.8. The fourth-order valence-electron chi connectivity index (χ4n) is 1.83. The van der Waals surface area contributed by atoms with Gasteiger partial charge in [-0.3, -0.25) is 14.4 Å². The Morgan fingerprint density at radius 3 is 2.16 bits per heavy atom. The lowest BCUT2D eigenvalue weighted by atomic mass is 9.92. The van der Waals surface area contributed by atoms with Gasteiger partial charge in [0.1, 0.15) is 0 Å². The zero-order valence-electron chi connectivity index (χ0n) is 13.5. The Balaban J connectivity index is 2.78. The topological polar surface area (TPSA) is 125 Å². The highest BCUT2D eigenvalue weighted by Crippen LogP contribution is 2.29. The van der Waals surface area contributed by atoms with Gasteiger partial charge in [-0.1, -0.05) is 29.3 Å². The fourth-order valence-corrected chi connectivity index (χ4v) is 2.12. The van der Waals surface area contributed by atoms with Gasteiger partial charge in [0.15, 0.2) is 5.54 Å². The van der Waals surface area contributed by atoms with Crippen molar-refractivity contribution in [2.24, 2.45) is 0 Å². The van der Waals surface area contributed by atoms with Crippen LogP contribution < -0.4 is 16.0 Å². The molecule has 4 N–H and O–H groups in total. The summed E-state index contributed by atoms with van der Waals surface area (Å²) in [5.41, 5.74) is -1.56. The molecule has 8 nitrogen and oxygen atoms in total. The third kappa shape index (κ3) is 5.91. The summed E-state index contributed by atoms with van der Waals surface area (Å²) in [7, 11) is 0. The molecule has 0 aliphatic rings. The number of amides is 3. The molecule has 1 aromatic rings. The van der Waals surface area contributed by atoms with Gasteiger partial charge in [-0.15, -0.1) is 0 Å². The molecule has 1 aromatic carbocycles. The summed E-state index contributed by atoms with van der Waals surface area (Å²) in [6.07, 6.45) is 0. The van der Waals surface area contributed by atoms with Crippen molar-refractivity contribution < 1.29 is 24.3 Å². The SMILES string of the molecule is CC(=O)NCC(=O)NCC(=O)NC(C)(C(=O)O)c1ccc(Cl)c(Cl)c1. The van der Waals surface area contributed by atoms with Gasteiger partial charge < -0.3 is 21.1 Å². The van der Waals surface area contributed by atoms with E-state index in [2.05, 4.69) is 16.0 Å². The predicted molar refractivity (Wildman–Crippen MR) is 91.3 cm³/mol. The van der Waals surface area contributed by atoms with Crippen molar-refractivity contribution in [1.82, 2.24) is 16.0 Å². The minimum atomic E-state index is -1.77. The number of rotatable bonds is 7. The van der Waals surface area contributed by atoms with E-state index in [4.69, 9.17) is 23.2 Å². The summed E-state index contributed by atoms with van der Waals surface area (Å²) in [5, 5.41) is 16.7. The molecule has 0 spiro atoms. The van der Waals surface area contributed by atoms with Crippen molar-refractivity contribution in [1.29, 1.82) is 0 Å². The molecule has 0 saturated heterocycles. The Morgan fingerprint density at radius 1 is 1.04 bits per heavy atom. The number of carboxylic acids is 1. The zero-order chi connectivity index (χ0) is 19.2. The summed E-state index contributed by atoms with van der Waals surface area (Å²) < 4.78 is 0. The Kier molecular flexibility index (Phi) is 7.20. The minimum Gasteiger partial charge on any atom is -0.479 e. The first-order valence-corrected chi connectivity index (χ1v) is 7.83. The molecule has 0 aliphatic carbocycles. The number of carbonyl (C=O) groups excluding carboxylic acids is 3. The van der Waals surface area contributed by atoms with Crippen LogP contribution in [0.25, 0.3) is 0 Å². The molecule has 0 aromatic heterocycles. The van der Waals surface area contributed by atoms with E-state index >= 15 is 0 Å². The largest absolute Gasteiger partial charge is 0.479 e. The van der Waals surface area contributed by atoms with E-state index in [1.807, 2.05) is 0 Å². The molecule has 136 valence electrons. The maximum absolute atomic E-state index is 12.0. The Bertz CT molecular complexity index is 710. The van der Waals surface area contributed by atoms with E-state index in [1.165, 1.54) is 32.0 Å². The van der Waals surface area contributed by atoms with Gasteiger partial charge in [0, 0.05) is 6.92 Å². The Hall–Kier alpha value is -2.32. The normalized spacial score (nSPS) is 12.6. The van der Waals surface area contributed by atoms with E-state index in [1.54, 1.807) is 0 Å². The first kappa shape index (κ1) is 20.7. The van der Waals surface area contributed by atoms with Gasteiger partial charge in [0.25, 0.3) is 0 Å². The van der Waals surface area contributed by atoms with Crippen LogP contribution in [0, 0.1) is 0 Å². The van der Waals surface area contributed by atoms with Crippen LogP contribution in [0.5, 0.6) is 0 Å². The van der Waals surface area contributed by atoms with Crippen molar-refractivity contribution >= 4 is 46.9 Å². The maximum atomic E-state index is 12.0. The number of hydrogen-bond acceptors (Lipinski definition) is 4. The van der Waals surface area contributed by atoms with Crippen molar-refractivity contribution in [2.75, 3.05) is 13.1 Å². The van der Waals surface area contributed by atoms with Crippen LogP contribution in [0.3, 0.4) is 0 Å². The van der Waals surface area contributed by atoms with E-state index < -0.39 is 35.8 Å². The molecule has 3 amide bonds. The third-order valence-corrected chi connectivity index (χ3v) is 4.00. The van der Waals surface area contributed by atoms with Crippen LogP contribution in [-0.2, 0) is 24.7 Å². The van der Waals surface area contributed by atoms with Crippen molar-refractivity contribution in [2.45, 2.75) is 19.4 Å². The highest BCUT2D eigenvalue weighted by molar-refractivity contribution is 6.42. The van der Waals surface area contributed by atoms with Crippen molar-refractivity contribution in [3.8, 4) is 0 Å². The second kappa shape index (κ2) is 8.68. The number of benzene rings is 1. The number of hydrogen-bond donors (Lipinski definition) is 4. The molecular weight excluding hydrogens is 373 g/mol. The van der Waals surface area contributed by atoms with Crippen molar-refractivity contribution in [3.05, 3.63) is 33.8 Å². The van der Waals surface area contributed by atoms with Crippen LogP contribution in [0.4, 0.5) is 0 Å². The number of halogens is 2. The molecule has 0 heterocycles. The number of carbonyl (C=O) groups is 4. The van der Waals surface area contributed by atoms with Gasteiger partial charge in [0.05, 0.1) is 23.1 Å². The number of carboxylic acid groups (broad SMARTS) is 1. The van der Waals surface area contributed by atoms with Crippen LogP contribution in [0.2, 0.25) is 10.0 Å². The van der Waals surface area contributed by atoms with Gasteiger partial charge in [0.2, 0.25) is 17.7 Å². The molecule has 1 rings (SSSR count). The smallest absolute Gasteiger partial charge is 0.333 e. The van der Waals surface area contributed by atoms with Crippen LogP contribution in [-0.4, -0.2) is 41.9 Å². The van der Waals surface area contributed by atoms with Gasteiger partial charge in [-0.2, -0.15) is 0 Å². The number of aliphatic carboxylic acids is 1. The van der Waals surface area contributed by atoms with E-state index in [-0.39, 0.29) is 22.2 Å². The summed E-state index contributed by atoms with van der Waals surface area (Å²) >= 11 is 11.7. The molecule has 0 fully saturated rings. The van der Waals surface area contributed by atoms with Gasteiger partial charge >= 0.3 is 5.97 Å². The monoisotopic (exact) mass is 389 g/mol. The zero-order valence-corrected chi connectivity index (χ0v) is 15.0. The highest BCUT2D eigenvalue weighted by Gasteiger charge is 2.37. The quantitative estimate of drug-likeness (QED) is 0.545. The first-order chi connectivity index (χ1) is 11.6. The predicted octanol–water partition coefficient (Wildman–Crippen LogP) is 0.662. The lowest BCUT2D eigenvalue weighted by Gasteiger charge is -2.27. The lowest BCUT2D eigenvalue weighted by Crippen LogP contribution is -2.52. The first-order valence-electron chi connectivity index (χ1n) is 7.07. The summed E-state index contributed by atoms with van der Waals surface area (Å²) in [6.45, 7) is 1.79. The standard InChI is InChI=1S/C15H17Cl2N3O5/c1-8(21)18-6-12(22)19-7-13(23)20-15(2,14(24)25)9-3-4-10(16)11(17)5-9/h3-5H,6-7H2,1-2H3,(H,18,21)(H,19,22)(H,20,23)(H,24,25). The van der Waals surface area contributed by atoms with E-state index in [9.17, 15) is 24.3 Å². The average molecular weight is 390 g/mol. The van der Waals surface area contributed by atoms with Crippen LogP contribution in [0.15, 0.2) is 18.2 Å². The summed E-state index contributed by atoms with van der Waals surface area (Å²) in [6, 6.07) is 4.19. The second-order valence-corrected chi connectivity index (χ2v) is 6.11. The van der Waals surface area contributed by atoms with Gasteiger partial charge in [-0.25, -0.2) is 4.79 Å². The van der Waals surface area contributed by atoms with Crippen LogP contribution >= 0.6 is 23.2 Å². The van der Waals surface area contributed by atoms with Crippen LogP contribution in [0.1, 0.15) is 19.4 Å². The molecule has 0 aliphatic heterocycles. The minimum absolute atomic E-state index is 0.143. The molecule has 10 heteroatoms. The second-order valence-electron chi connectivity index (χ2n) is 5.29. The molecular formula is C15H17Cl2N3O5. The molecule has 1 atom stereocenters. The third-order valence-electron chi connectivity index (χ3n) is 3.26. The lowest BCUT2D eigenvalue weighted by molar-refractivity contribution is -0.147. The Labute approximate surface area is 153 Å². The molecule has 0 bridgehead atoms. The van der Waals surface area contributed by atoms with Crippen molar-refractivity contribution in [3.63, 3.8) is 0 Å². The van der Waals surface area contributed by atoms with E-state index in [0.717, 1.165) is 0 Å². The summed E-state index contributed by atoms with van der Waals surface area (Å²) in [5.74, 6) is -3.02. The van der Waals surface area contributed by atoms with Gasteiger partial charge in [-0.05, 0) is 24.6 Å².